The number of likely N-dealkylation sites (tertiary alicyclic amines) is 1. The number of nitrogens with zero attached hydrogens (tertiary/aromatic N) is 1. The molecule has 4 amide bonds. The van der Waals surface area contributed by atoms with Gasteiger partial charge in [0.2, 0.25) is 23.6 Å². The molecule has 10 heteroatoms. The van der Waals surface area contributed by atoms with Crippen molar-refractivity contribution in [3.8, 4) is 0 Å². The van der Waals surface area contributed by atoms with E-state index in [4.69, 9.17) is 5.73 Å². The highest BCUT2D eigenvalue weighted by Gasteiger charge is 2.48. The molecular formula is C41H55N5O4S. The second-order valence-electron chi connectivity index (χ2n) is 14.4. The van der Waals surface area contributed by atoms with Crippen molar-refractivity contribution in [3.63, 3.8) is 0 Å². The molecule has 0 bridgehead atoms. The zero-order valence-corrected chi connectivity index (χ0v) is 31.1. The molecular weight excluding hydrogens is 659 g/mol. The number of rotatable bonds is 16. The van der Waals surface area contributed by atoms with Crippen LogP contribution in [0.1, 0.15) is 75.8 Å². The molecule has 0 radical (unpaired) electrons. The van der Waals surface area contributed by atoms with Crippen LogP contribution in [-0.4, -0.2) is 77.8 Å². The fraction of sp³-hybridized carbons (Fsp3) is 0.512. The SMILES string of the molecule is CCNC(=O)[C@]1(Cc2ccccc2)CCCN(C(=O)[C@@H](Cc2ccc3ccccc3c2)NC(=O)C2(SC)CCC(NC(=O)CCCCCN)C2)C1. The third-order valence-corrected chi connectivity index (χ3v) is 12.0. The van der Waals surface area contributed by atoms with E-state index in [9.17, 15) is 19.2 Å². The molecule has 2 unspecified atom stereocenters. The minimum Gasteiger partial charge on any atom is -0.356 e. The van der Waals surface area contributed by atoms with Crippen LogP contribution in [0.15, 0.2) is 72.8 Å². The number of unbranched alkanes of at least 4 members (excludes halogenated alkanes) is 2. The number of piperidine rings is 1. The van der Waals surface area contributed by atoms with E-state index in [0.29, 0.717) is 71.0 Å². The number of nitrogens with two attached hydrogens (primary N) is 1. The average Bonchev–Trinajstić information content (AvgIpc) is 3.57. The number of amides is 4. The lowest BCUT2D eigenvalue weighted by Crippen LogP contribution is -2.59. The largest absolute Gasteiger partial charge is 0.356 e. The number of fused-ring (bicyclic) bond motifs is 1. The number of nitrogens with one attached hydrogen (secondary N) is 3. The minimum absolute atomic E-state index is 0.00915. The highest BCUT2D eigenvalue weighted by Crippen LogP contribution is 2.41. The van der Waals surface area contributed by atoms with Gasteiger partial charge >= 0.3 is 0 Å². The van der Waals surface area contributed by atoms with Gasteiger partial charge in [-0.3, -0.25) is 19.2 Å². The van der Waals surface area contributed by atoms with Crippen LogP contribution in [0.3, 0.4) is 0 Å². The van der Waals surface area contributed by atoms with Crippen LogP contribution in [-0.2, 0) is 32.0 Å². The molecule has 0 aromatic heterocycles. The maximum Gasteiger partial charge on any atom is 0.245 e. The number of carbonyl (C=O) groups excluding carboxylic acids is 4. The predicted octanol–water partition coefficient (Wildman–Crippen LogP) is 5.14. The summed E-state index contributed by atoms with van der Waals surface area (Å²) < 4.78 is -0.764. The summed E-state index contributed by atoms with van der Waals surface area (Å²) in [6.07, 6.45) is 9.05. The number of thioether (sulfide) groups is 1. The van der Waals surface area contributed by atoms with Crippen LogP contribution in [0.5, 0.6) is 0 Å². The maximum atomic E-state index is 14.7. The van der Waals surface area contributed by atoms with Crippen molar-refractivity contribution in [1.82, 2.24) is 20.9 Å². The summed E-state index contributed by atoms with van der Waals surface area (Å²) >= 11 is 1.50. The standard InChI is InChI=1S/C41H55N5O4S/c1-3-43-38(49)40(27-30-13-6-4-7-14-30)21-12-24-46(29-40)37(48)35(26-31-18-19-32-15-9-10-16-33(32)25-31)45-39(50)41(51-2)22-20-34(28-41)44-36(47)17-8-5-11-23-42/h4,6-7,9-10,13-16,18-19,25,34-35H,3,5,8,11-12,17,20-24,26-29,42H2,1-2H3,(H,43,49)(H,44,47)(H,45,50)/t34?,35-,40+,41?/m1/s1. The molecule has 2 fully saturated rings. The van der Waals surface area contributed by atoms with Crippen LogP contribution in [0.4, 0.5) is 0 Å². The van der Waals surface area contributed by atoms with Gasteiger partial charge in [0.05, 0.1) is 10.2 Å². The van der Waals surface area contributed by atoms with Gasteiger partial charge in [0.1, 0.15) is 6.04 Å². The normalized spacial score (nSPS) is 22.3. The predicted molar refractivity (Wildman–Crippen MR) is 206 cm³/mol. The Morgan fingerprint density at radius 2 is 1.69 bits per heavy atom. The Hall–Kier alpha value is -3.89. The van der Waals surface area contributed by atoms with Gasteiger partial charge in [0.15, 0.2) is 0 Å². The third kappa shape index (κ3) is 9.71. The Labute approximate surface area is 307 Å². The highest BCUT2D eigenvalue weighted by atomic mass is 32.2. The molecule has 4 atom stereocenters. The van der Waals surface area contributed by atoms with Gasteiger partial charge in [0, 0.05) is 38.5 Å². The van der Waals surface area contributed by atoms with E-state index in [1.807, 2.05) is 66.6 Å². The molecule has 2 aliphatic rings. The number of carbonyl (C=O) groups is 4. The Morgan fingerprint density at radius 1 is 0.922 bits per heavy atom. The lowest BCUT2D eigenvalue weighted by atomic mass is 9.74. The van der Waals surface area contributed by atoms with Crippen LogP contribution < -0.4 is 21.7 Å². The maximum absolute atomic E-state index is 14.7. The average molecular weight is 714 g/mol. The van der Waals surface area contributed by atoms with Gasteiger partial charge in [-0.25, -0.2) is 0 Å². The molecule has 1 heterocycles. The highest BCUT2D eigenvalue weighted by molar-refractivity contribution is 8.00. The van der Waals surface area contributed by atoms with Crippen molar-refractivity contribution in [2.24, 2.45) is 11.1 Å². The van der Waals surface area contributed by atoms with E-state index >= 15 is 0 Å². The van der Waals surface area contributed by atoms with Gasteiger partial charge in [-0.05, 0) is 93.0 Å². The zero-order valence-electron chi connectivity index (χ0n) is 30.3. The summed E-state index contributed by atoms with van der Waals surface area (Å²) in [5, 5.41) is 11.6. The first-order valence-corrected chi connectivity index (χ1v) is 19.9. The van der Waals surface area contributed by atoms with Gasteiger partial charge < -0.3 is 26.6 Å². The van der Waals surface area contributed by atoms with Crippen molar-refractivity contribution in [2.45, 2.75) is 94.4 Å². The number of benzene rings is 3. The van der Waals surface area contributed by atoms with Crippen LogP contribution in [0.2, 0.25) is 0 Å². The molecule has 1 aliphatic heterocycles. The second kappa shape index (κ2) is 18.0. The fourth-order valence-corrected chi connectivity index (χ4v) is 8.83. The molecule has 5 rings (SSSR count). The summed E-state index contributed by atoms with van der Waals surface area (Å²) in [5.74, 6) is -0.379. The Morgan fingerprint density at radius 3 is 2.43 bits per heavy atom. The summed E-state index contributed by atoms with van der Waals surface area (Å²) in [6, 6.07) is 23.3. The van der Waals surface area contributed by atoms with Crippen LogP contribution in [0, 0.1) is 5.41 Å². The molecule has 5 N–H and O–H groups in total. The van der Waals surface area contributed by atoms with Crippen molar-refractivity contribution in [3.05, 3.63) is 83.9 Å². The van der Waals surface area contributed by atoms with Crippen LogP contribution >= 0.6 is 11.8 Å². The number of hydrogen-bond donors (Lipinski definition) is 4. The van der Waals surface area contributed by atoms with Gasteiger partial charge in [-0.15, -0.1) is 11.8 Å². The lowest BCUT2D eigenvalue weighted by Gasteiger charge is -2.43. The first-order chi connectivity index (χ1) is 24.7. The Kier molecular flexibility index (Phi) is 13.6. The molecule has 9 nitrogen and oxygen atoms in total. The molecule has 3 aromatic rings. The zero-order chi connectivity index (χ0) is 36.3. The van der Waals surface area contributed by atoms with Crippen molar-refractivity contribution >= 4 is 46.2 Å². The molecule has 1 saturated heterocycles. The van der Waals surface area contributed by atoms with E-state index in [1.165, 1.54) is 11.8 Å². The summed E-state index contributed by atoms with van der Waals surface area (Å²) in [6.45, 7) is 3.85. The quantitative estimate of drug-likeness (QED) is 0.152. The van der Waals surface area contributed by atoms with Crippen molar-refractivity contribution in [1.29, 1.82) is 0 Å². The van der Waals surface area contributed by atoms with E-state index < -0.39 is 16.2 Å². The van der Waals surface area contributed by atoms with E-state index in [2.05, 4.69) is 40.2 Å². The van der Waals surface area contributed by atoms with E-state index in [-0.39, 0.29) is 36.2 Å². The first-order valence-electron chi connectivity index (χ1n) is 18.6. The summed E-state index contributed by atoms with van der Waals surface area (Å²) in [5.41, 5.74) is 6.83. The molecule has 1 aliphatic carbocycles. The molecule has 51 heavy (non-hydrogen) atoms. The van der Waals surface area contributed by atoms with Crippen molar-refractivity contribution < 1.29 is 19.2 Å². The smallest absolute Gasteiger partial charge is 0.245 e. The van der Waals surface area contributed by atoms with Crippen LogP contribution in [0.25, 0.3) is 10.8 Å². The topological polar surface area (TPSA) is 134 Å². The molecule has 1 saturated carbocycles. The summed E-state index contributed by atoms with van der Waals surface area (Å²) in [7, 11) is 0. The first kappa shape index (κ1) is 38.3. The third-order valence-electron chi connectivity index (χ3n) is 10.7. The summed E-state index contributed by atoms with van der Waals surface area (Å²) in [4.78, 5) is 57.3. The van der Waals surface area contributed by atoms with E-state index in [0.717, 1.165) is 41.2 Å². The molecule has 3 aromatic carbocycles. The number of hydrogen-bond acceptors (Lipinski definition) is 6. The molecule has 274 valence electrons. The Balaban J connectivity index is 1.37. The van der Waals surface area contributed by atoms with Gasteiger partial charge in [-0.2, -0.15) is 0 Å². The van der Waals surface area contributed by atoms with E-state index in [1.54, 1.807) is 0 Å². The molecule has 0 spiro atoms. The fourth-order valence-electron chi connectivity index (χ4n) is 7.90. The van der Waals surface area contributed by atoms with Gasteiger partial charge in [0.25, 0.3) is 0 Å². The van der Waals surface area contributed by atoms with Gasteiger partial charge in [-0.1, -0.05) is 79.2 Å². The van der Waals surface area contributed by atoms with Crippen molar-refractivity contribution in [2.75, 3.05) is 32.4 Å². The lowest BCUT2D eigenvalue weighted by molar-refractivity contribution is -0.144. The monoisotopic (exact) mass is 713 g/mol. The second-order valence-corrected chi connectivity index (χ2v) is 15.6. The minimum atomic E-state index is -0.819. The Bertz CT molecular complexity index is 1650.